The molecule has 0 radical (unpaired) electrons. The lowest BCUT2D eigenvalue weighted by Gasteiger charge is -2.31. The average molecular weight is 418 g/mol. The van der Waals surface area contributed by atoms with Crippen LogP contribution in [0.1, 0.15) is 42.1 Å². The molecule has 1 aromatic heterocycles. The molecule has 0 bridgehead atoms. The standard InChI is InChI=1S/C25H26N2O4/c1-3-7-18-15-27-22-17(11-12-21(30-2)23(22)31-18)14-19(25(27)29)24(28)26-13-6-9-16-8-4-5-10-20(16)26/h4-5,8,10-12,14,18H,3,6-7,9,13,15H2,1-2H3. The quantitative estimate of drug-likeness (QED) is 0.638. The monoisotopic (exact) mass is 418 g/mol. The number of benzene rings is 2. The van der Waals surface area contributed by atoms with Crippen LogP contribution in [0.25, 0.3) is 10.9 Å². The summed E-state index contributed by atoms with van der Waals surface area (Å²) in [6, 6.07) is 13.4. The highest BCUT2D eigenvalue weighted by atomic mass is 16.5. The maximum Gasteiger partial charge on any atom is 0.264 e. The Morgan fingerprint density at radius 1 is 1.23 bits per heavy atom. The van der Waals surface area contributed by atoms with E-state index in [1.165, 1.54) is 0 Å². The van der Waals surface area contributed by atoms with Crippen LogP contribution in [0.5, 0.6) is 11.5 Å². The van der Waals surface area contributed by atoms with Crippen LogP contribution in [0.2, 0.25) is 0 Å². The van der Waals surface area contributed by atoms with Crippen molar-refractivity contribution in [1.82, 2.24) is 4.57 Å². The van der Waals surface area contributed by atoms with Crippen molar-refractivity contribution in [3.8, 4) is 11.5 Å². The highest BCUT2D eigenvalue weighted by molar-refractivity contribution is 6.08. The van der Waals surface area contributed by atoms with Gasteiger partial charge in [-0.2, -0.15) is 0 Å². The number of aryl methyl sites for hydroxylation is 1. The van der Waals surface area contributed by atoms with Gasteiger partial charge in [-0.15, -0.1) is 0 Å². The summed E-state index contributed by atoms with van der Waals surface area (Å²) in [4.78, 5) is 28.9. The van der Waals surface area contributed by atoms with Crippen molar-refractivity contribution in [2.75, 3.05) is 18.6 Å². The van der Waals surface area contributed by atoms with Gasteiger partial charge in [0.2, 0.25) is 0 Å². The molecule has 2 aliphatic rings. The van der Waals surface area contributed by atoms with Crippen molar-refractivity contribution in [2.45, 2.75) is 45.3 Å². The molecule has 1 unspecified atom stereocenters. The summed E-state index contributed by atoms with van der Waals surface area (Å²) in [5.74, 6) is 0.952. The number of rotatable bonds is 4. The van der Waals surface area contributed by atoms with E-state index in [9.17, 15) is 9.59 Å². The molecule has 160 valence electrons. The predicted molar refractivity (Wildman–Crippen MR) is 121 cm³/mol. The summed E-state index contributed by atoms with van der Waals surface area (Å²) in [7, 11) is 1.60. The lowest BCUT2D eigenvalue weighted by Crippen LogP contribution is -2.41. The molecule has 0 saturated heterocycles. The van der Waals surface area contributed by atoms with Crippen LogP contribution in [0.3, 0.4) is 0 Å². The Morgan fingerprint density at radius 2 is 2.06 bits per heavy atom. The molecule has 1 atom stereocenters. The molecular formula is C25H26N2O4. The van der Waals surface area contributed by atoms with Crippen LogP contribution in [-0.4, -0.2) is 30.2 Å². The molecule has 6 nitrogen and oxygen atoms in total. The van der Waals surface area contributed by atoms with Crippen LogP contribution in [0.4, 0.5) is 5.69 Å². The van der Waals surface area contributed by atoms with E-state index < -0.39 is 0 Å². The first-order chi connectivity index (χ1) is 15.1. The number of methoxy groups -OCH3 is 1. The third-order valence-electron chi connectivity index (χ3n) is 6.26. The Labute approximate surface area is 181 Å². The molecule has 2 aromatic carbocycles. The van der Waals surface area contributed by atoms with Gasteiger partial charge in [0.05, 0.1) is 19.2 Å². The van der Waals surface area contributed by atoms with Crippen LogP contribution in [-0.2, 0) is 13.0 Å². The highest BCUT2D eigenvalue weighted by Crippen LogP contribution is 2.39. The van der Waals surface area contributed by atoms with Gasteiger partial charge < -0.3 is 18.9 Å². The minimum Gasteiger partial charge on any atom is -0.493 e. The van der Waals surface area contributed by atoms with Crippen molar-refractivity contribution >= 4 is 22.5 Å². The number of ether oxygens (including phenoxy) is 2. The Morgan fingerprint density at radius 3 is 2.87 bits per heavy atom. The normalized spacial score (nSPS) is 17.2. The van der Waals surface area contributed by atoms with E-state index in [4.69, 9.17) is 9.47 Å². The fraction of sp³-hybridized carbons (Fsp3) is 0.360. The molecule has 0 spiro atoms. The number of aromatic nitrogens is 1. The Kier molecular flexibility index (Phi) is 4.93. The first-order valence-corrected chi connectivity index (χ1v) is 10.9. The second-order valence-electron chi connectivity index (χ2n) is 8.23. The summed E-state index contributed by atoms with van der Waals surface area (Å²) in [5, 5.41) is 0.805. The van der Waals surface area contributed by atoms with E-state index in [0.29, 0.717) is 30.1 Å². The molecule has 2 aliphatic heterocycles. The van der Waals surface area contributed by atoms with Gasteiger partial charge in [0.1, 0.15) is 11.7 Å². The fourth-order valence-corrected chi connectivity index (χ4v) is 4.80. The Bertz CT molecular complexity index is 1230. The summed E-state index contributed by atoms with van der Waals surface area (Å²) < 4.78 is 13.4. The number of hydrogen-bond donors (Lipinski definition) is 0. The predicted octanol–water partition coefficient (Wildman–Crippen LogP) is 4.16. The molecule has 0 aliphatic carbocycles. The van der Waals surface area contributed by atoms with E-state index in [-0.39, 0.29) is 23.1 Å². The second kappa shape index (κ2) is 7.76. The second-order valence-corrected chi connectivity index (χ2v) is 8.23. The summed E-state index contributed by atoms with van der Waals surface area (Å²) in [6.45, 7) is 3.14. The highest BCUT2D eigenvalue weighted by Gasteiger charge is 2.30. The molecule has 1 amide bonds. The van der Waals surface area contributed by atoms with Gasteiger partial charge in [-0.05, 0) is 49.1 Å². The van der Waals surface area contributed by atoms with Gasteiger partial charge in [-0.1, -0.05) is 31.5 Å². The van der Waals surface area contributed by atoms with Gasteiger partial charge in [0.15, 0.2) is 11.5 Å². The van der Waals surface area contributed by atoms with Gasteiger partial charge in [0.25, 0.3) is 11.5 Å². The minimum absolute atomic E-state index is 0.129. The molecule has 3 aromatic rings. The first kappa shape index (κ1) is 19.7. The number of para-hydroxylation sites is 1. The minimum atomic E-state index is -0.264. The van der Waals surface area contributed by atoms with Crippen LogP contribution in [0, 0.1) is 0 Å². The first-order valence-electron chi connectivity index (χ1n) is 10.9. The van der Waals surface area contributed by atoms with Crippen molar-refractivity contribution < 1.29 is 14.3 Å². The zero-order chi connectivity index (χ0) is 21.5. The van der Waals surface area contributed by atoms with E-state index in [2.05, 4.69) is 13.0 Å². The zero-order valence-corrected chi connectivity index (χ0v) is 17.9. The molecule has 31 heavy (non-hydrogen) atoms. The third-order valence-corrected chi connectivity index (χ3v) is 6.26. The van der Waals surface area contributed by atoms with E-state index >= 15 is 0 Å². The molecule has 6 heteroatoms. The van der Waals surface area contributed by atoms with Crippen molar-refractivity contribution in [1.29, 1.82) is 0 Å². The number of fused-ring (bicyclic) bond motifs is 1. The molecular weight excluding hydrogens is 392 g/mol. The lowest BCUT2D eigenvalue weighted by atomic mass is 10.0. The molecule has 5 rings (SSSR count). The van der Waals surface area contributed by atoms with Crippen molar-refractivity contribution in [2.24, 2.45) is 0 Å². The lowest BCUT2D eigenvalue weighted by molar-refractivity contribution is 0.0981. The third kappa shape index (κ3) is 3.17. The number of pyridine rings is 1. The number of amides is 1. The maximum atomic E-state index is 13.6. The fourth-order valence-electron chi connectivity index (χ4n) is 4.80. The number of carbonyl (C=O) groups is 1. The average Bonchev–Trinajstić information content (AvgIpc) is 2.80. The molecule has 0 N–H and O–H groups in total. The van der Waals surface area contributed by atoms with Gasteiger partial charge in [-0.3, -0.25) is 9.59 Å². The van der Waals surface area contributed by atoms with E-state index in [0.717, 1.165) is 42.3 Å². The van der Waals surface area contributed by atoms with Crippen LogP contribution in [0.15, 0.2) is 47.3 Å². The van der Waals surface area contributed by atoms with Gasteiger partial charge in [-0.25, -0.2) is 0 Å². The van der Waals surface area contributed by atoms with Gasteiger partial charge >= 0.3 is 0 Å². The summed E-state index contributed by atoms with van der Waals surface area (Å²) in [5.41, 5.74) is 2.69. The summed E-state index contributed by atoms with van der Waals surface area (Å²) in [6.07, 6.45) is 3.47. The molecule has 3 heterocycles. The molecule has 0 fully saturated rings. The van der Waals surface area contributed by atoms with Crippen LogP contribution < -0.4 is 19.9 Å². The number of hydrogen-bond acceptors (Lipinski definition) is 4. The van der Waals surface area contributed by atoms with Crippen molar-refractivity contribution in [3.05, 3.63) is 63.9 Å². The SMILES string of the molecule is CCCC1Cn2c(=O)c(C(=O)N3CCCc4ccccc43)cc3ccc(OC)c(c32)O1. The zero-order valence-electron chi connectivity index (χ0n) is 17.9. The Hall–Kier alpha value is -3.28. The molecule has 0 saturated carbocycles. The van der Waals surface area contributed by atoms with Crippen LogP contribution >= 0.6 is 0 Å². The van der Waals surface area contributed by atoms with E-state index in [1.54, 1.807) is 22.6 Å². The summed E-state index contributed by atoms with van der Waals surface area (Å²) >= 11 is 0. The largest absolute Gasteiger partial charge is 0.493 e. The maximum absolute atomic E-state index is 13.6. The van der Waals surface area contributed by atoms with Crippen molar-refractivity contribution in [3.63, 3.8) is 0 Å². The Balaban J connectivity index is 1.66. The number of anilines is 1. The van der Waals surface area contributed by atoms with Gasteiger partial charge in [0, 0.05) is 17.6 Å². The van der Waals surface area contributed by atoms with E-state index in [1.807, 2.05) is 30.3 Å². The number of carbonyl (C=O) groups excluding carboxylic acids is 1. The topological polar surface area (TPSA) is 60.8 Å². The smallest absolute Gasteiger partial charge is 0.264 e. The number of nitrogens with zero attached hydrogens (tertiary/aromatic N) is 2.